The van der Waals surface area contributed by atoms with Crippen LogP contribution in [0.3, 0.4) is 0 Å². The van der Waals surface area contributed by atoms with Gasteiger partial charge in [-0.25, -0.2) is 8.78 Å². The molecular weight excluding hydrogens is 264 g/mol. The minimum atomic E-state index is -0.578. The molecule has 0 aliphatic heterocycles. The van der Waals surface area contributed by atoms with E-state index >= 15 is 0 Å². The lowest BCUT2D eigenvalue weighted by molar-refractivity contribution is 0.553. The molecule has 17 heavy (non-hydrogen) atoms. The molecule has 1 aromatic heterocycles. The van der Waals surface area contributed by atoms with Gasteiger partial charge in [-0.15, -0.1) is 11.3 Å². The Balaban J connectivity index is 2.42. The highest BCUT2D eigenvalue weighted by Gasteiger charge is 2.18. The molecule has 1 heterocycles. The molecule has 1 unspecified atom stereocenters. The first-order chi connectivity index (χ1) is 8.11. The molecule has 0 aliphatic carbocycles. The molecule has 90 valence electrons. The summed E-state index contributed by atoms with van der Waals surface area (Å²) >= 11 is 7.22. The number of hydrogen-bond acceptors (Lipinski definition) is 2. The van der Waals surface area contributed by atoms with E-state index in [0.717, 1.165) is 10.9 Å². The Kier molecular flexibility index (Phi) is 3.76. The van der Waals surface area contributed by atoms with E-state index in [9.17, 15) is 8.78 Å². The number of rotatable bonds is 3. The van der Waals surface area contributed by atoms with Gasteiger partial charge in [0.1, 0.15) is 11.6 Å². The standard InChI is InChI=1S/C12H10ClF2NS/c1-16-12(10-4-5-11(13)17-10)8-3-2-7(14)6-9(8)15/h2-6,12,16H,1H3. The average molecular weight is 274 g/mol. The van der Waals surface area contributed by atoms with E-state index in [0.29, 0.717) is 9.90 Å². The van der Waals surface area contributed by atoms with Crippen molar-refractivity contribution in [1.29, 1.82) is 0 Å². The Bertz CT molecular complexity index is 527. The molecule has 1 aromatic carbocycles. The van der Waals surface area contributed by atoms with Gasteiger partial charge in [0.05, 0.1) is 10.4 Å². The lowest BCUT2D eigenvalue weighted by Crippen LogP contribution is -2.17. The van der Waals surface area contributed by atoms with Crippen LogP contribution in [-0.2, 0) is 0 Å². The zero-order valence-electron chi connectivity index (χ0n) is 9.01. The summed E-state index contributed by atoms with van der Waals surface area (Å²) in [6, 6.07) is 6.85. The molecule has 0 radical (unpaired) electrons. The molecule has 1 nitrogen and oxygen atoms in total. The van der Waals surface area contributed by atoms with Crippen molar-refractivity contribution < 1.29 is 8.78 Å². The third kappa shape index (κ3) is 2.65. The van der Waals surface area contributed by atoms with Crippen molar-refractivity contribution in [3.63, 3.8) is 0 Å². The van der Waals surface area contributed by atoms with Crippen LogP contribution in [0.15, 0.2) is 30.3 Å². The summed E-state index contributed by atoms with van der Waals surface area (Å²) in [7, 11) is 1.72. The van der Waals surface area contributed by atoms with Crippen LogP contribution in [-0.4, -0.2) is 7.05 Å². The second kappa shape index (κ2) is 5.12. The SMILES string of the molecule is CNC(c1ccc(Cl)s1)c1ccc(F)cc1F. The van der Waals surface area contributed by atoms with Gasteiger partial charge in [-0.1, -0.05) is 17.7 Å². The quantitative estimate of drug-likeness (QED) is 0.892. The lowest BCUT2D eigenvalue weighted by atomic mass is 10.0. The molecule has 0 bridgehead atoms. The zero-order chi connectivity index (χ0) is 12.4. The van der Waals surface area contributed by atoms with Gasteiger partial charge in [-0.2, -0.15) is 0 Å². The highest BCUT2D eigenvalue weighted by molar-refractivity contribution is 7.16. The molecule has 0 amide bonds. The molecule has 2 rings (SSSR count). The maximum absolute atomic E-state index is 13.7. The Morgan fingerprint density at radius 1 is 1.24 bits per heavy atom. The van der Waals surface area contributed by atoms with Crippen LogP contribution < -0.4 is 5.32 Å². The lowest BCUT2D eigenvalue weighted by Gasteiger charge is -2.15. The fourth-order valence-electron chi connectivity index (χ4n) is 1.67. The van der Waals surface area contributed by atoms with E-state index < -0.39 is 11.6 Å². The minimum absolute atomic E-state index is 0.312. The van der Waals surface area contributed by atoms with Gasteiger partial charge in [-0.3, -0.25) is 0 Å². The van der Waals surface area contributed by atoms with E-state index in [-0.39, 0.29) is 6.04 Å². The molecule has 0 aliphatic rings. The minimum Gasteiger partial charge on any atom is -0.309 e. The molecule has 5 heteroatoms. The van der Waals surface area contributed by atoms with Gasteiger partial charge in [0, 0.05) is 16.5 Å². The Hall–Kier alpha value is -0.970. The number of hydrogen-bond donors (Lipinski definition) is 1. The van der Waals surface area contributed by atoms with Crippen LogP contribution in [0.4, 0.5) is 8.78 Å². The third-order valence-corrected chi connectivity index (χ3v) is 3.74. The van der Waals surface area contributed by atoms with Gasteiger partial charge >= 0.3 is 0 Å². The molecule has 1 atom stereocenters. The third-order valence-electron chi connectivity index (χ3n) is 2.44. The first kappa shape index (κ1) is 12.5. The topological polar surface area (TPSA) is 12.0 Å². The highest BCUT2D eigenvalue weighted by Crippen LogP contribution is 2.32. The maximum Gasteiger partial charge on any atom is 0.131 e. The number of halogens is 3. The van der Waals surface area contributed by atoms with Crippen molar-refractivity contribution in [3.05, 3.63) is 56.7 Å². The zero-order valence-corrected chi connectivity index (χ0v) is 10.6. The van der Waals surface area contributed by atoms with Crippen LogP contribution in [0.2, 0.25) is 4.34 Å². The molecule has 0 saturated heterocycles. The second-order valence-corrected chi connectivity index (χ2v) is 5.28. The predicted octanol–water partition coefficient (Wildman–Crippen LogP) is 3.99. The fourth-order valence-corrected chi connectivity index (χ4v) is 2.86. The Morgan fingerprint density at radius 3 is 2.53 bits per heavy atom. The summed E-state index contributed by atoms with van der Waals surface area (Å²) in [6.07, 6.45) is 0. The van der Waals surface area contributed by atoms with E-state index in [1.165, 1.54) is 23.5 Å². The van der Waals surface area contributed by atoms with Crippen molar-refractivity contribution >= 4 is 22.9 Å². The smallest absolute Gasteiger partial charge is 0.131 e. The summed E-state index contributed by atoms with van der Waals surface area (Å²) in [6.45, 7) is 0. The van der Waals surface area contributed by atoms with Gasteiger partial charge in [0.2, 0.25) is 0 Å². The molecular formula is C12H10ClF2NS. The summed E-state index contributed by atoms with van der Waals surface area (Å²) in [4.78, 5) is 0.892. The monoisotopic (exact) mass is 273 g/mol. The van der Waals surface area contributed by atoms with Crippen LogP contribution in [0, 0.1) is 11.6 Å². The number of nitrogens with one attached hydrogen (secondary N) is 1. The van der Waals surface area contributed by atoms with Crippen molar-refractivity contribution in [2.24, 2.45) is 0 Å². The van der Waals surface area contributed by atoms with Gasteiger partial charge in [0.25, 0.3) is 0 Å². The van der Waals surface area contributed by atoms with E-state index in [1.54, 1.807) is 13.1 Å². The molecule has 2 aromatic rings. The van der Waals surface area contributed by atoms with Gasteiger partial charge < -0.3 is 5.32 Å². The van der Waals surface area contributed by atoms with Crippen LogP contribution in [0.25, 0.3) is 0 Å². The summed E-state index contributed by atoms with van der Waals surface area (Å²) in [5.41, 5.74) is 0.410. The summed E-state index contributed by atoms with van der Waals surface area (Å²) < 4.78 is 27.2. The van der Waals surface area contributed by atoms with E-state index in [4.69, 9.17) is 11.6 Å². The Morgan fingerprint density at radius 2 is 2.00 bits per heavy atom. The van der Waals surface area contributed by atoms with Gasteiger partial charge in [0.15, 0.2) is 0 Å². The molecule has 0 spiro atoms. The fraction of sp³-hybridized carbons (Fsp3) is 0.167. The Labute approximate surface area is 107 Å². The summed E-state index contributed by atoms with van der Waals surface area (Å²) in [5, 5.41) is 3.00. The molecule has 0 saturated carbocycles. The van der Waals surface area contributed by atoms with Crippen molar-refractivity contribution in [3.8, 4) is 0 Å². The van der Waals surface area contributed by atoms with Crippen LogP contribution >= 0.6 is 22.9 Å². The van der Waals surface area contributed by atoms with Crippen molar-refractivity contribution in [1.82, 2.24) is 5.32 Å². The van der Waals surface area contributed by atoms with Crippen LogP contribution in [0.1, 0.15) is 16.5 Å². The average Bonchev–Trinajstić information content (AvgIpc) is 2.69. The maximum atomic E-state index is 13.7. The van der Waals surface area contributed by atoms with Crippen molar-refractivity contribution in [2.45, 2.75) is 6.04 Å². The van der Waals surface area contributed by atoms with Gasteiger partial charge in [-0.05, 0) is 25.2 Å². The first-order valence-electron chi connectivity index (χ1n) is 4.99. The largest absolute Gasteiger partial charge is 0.309 e. The molecule has 0 fully saturated rings. The normalized spacial score (nSPS) is 12.7. The van der Waals surface area contributed by atoms with Crippen LogP contribution in [0.5, 0.6) is 0 Å². The van der Waals surface area contributed by atoms with Crippen molar-refractivity contribution in [2.75, 3.05) is 7.05 Å². The predicted molar refractivity (Wildman–Crippen MR) is 66.6 cm³/mol. The second-order valence-electron chi connectivity index (χ2n) is 3.53. The first-order valence-corrected chi connectivity index (χ1v) is 6.18. The number of benzene rings is 1. The highest BCUT2D eigenvalue weighted by atomic mass is 35.5. The molecule has 1 N–H and O–H groups in total. The summed E-state index contributed by atoms with van der Waals surface area (Å²) in [5.74, 6) is -1.14. The number of thiophene rings is 1. The van der Waals surface area contributed by atoms with E-state index in [1.807, 2.05) is 6.07 Å². The van der Waals surface area contributed by atoms with E-state index in [2.05, 4.69) is 5.32 Å².